The zero-order valence-electron chi connectivity index (χ0n) is 8.94. The van der Waals surface area contributed by atoms with E-state index in [9.17, 15) is 4.79 Å². The molecule has 2 rings (SSSR count). The lowest BCUT2D eigenvalue weighted by molar-refractivity contribution is 0.101. The summed E-state index contributed by atoms with van der Waals surface area (Å²) in [6.07, 6.45) is 0. The molecule has 0 radical (unpaired) electrons. The van der Waals surface area contributed by atoms with Gasteiger partial charge in [-0.05, 0) is 25.1 Å². The Morgan fingerprint density at radius 3 is 2.73 bits per heavy atom. The summed E-state index contributed by atoms with van der Waals surface area (Å²) in [7, 11) is 3.77. The number of nitrogens with zero attached hydrogens (tertiary/aromatic N) is 2. The second kappa shape index (κ2) is 3.38. The fraction of sp³-hybridized carbons (Fsp3) is 0.273. The summed E-state index contributed by atoms with van der Waals surface area (Å²) in [5.41, 5.74) is 1.37. The zero-order chi connectivity index (χ0) is 11.0. The van der Waals surface area contributed by atoms with Gasteiger partial charge >= 0.3 is 0 Å². The van der Waals surface area contributed by atoms with Crippen LogP contribution in [0, 0.1) is 0 Å². The third-order valence-corrected chi connectivity index (χ3v) is 2.28. The lowest BCUT2D eigenvalue weighted by Crippen LogP contribution is -2.09. The van der Waals surface area contributed by atoms with Crippen LogP contribution in [0.2, 0.25) is 0 Å². The van der Waals surface area contributed by atoms with E-state index in [1.54, 1.807) is 19.1 Å². The van der Waals surface area contributed by atoms with Crippen LogP contribution in [0.15, 0.2) is 22.7 Å². The molecule has 0 aliphatic heterocycles. The van der Waals surface area contributed by atoms with Crippen molar-refractivity contribution < 1.29 is 9.32 Å². The van der Waals surface area contributed by atoms with Gasteiger partial charge in [0, 0.05) is 19.7 Å². The zero-order valence-corrected chi connectivity index (χ0v) is 8.94. The van der Waals surface area contributed by atoms with Crippen molar-refractivity contribution in [3.8, 4) is 0 Å². The summed E-state index contributed by atoms with van der Waals surface area (Å²) < 4.78 is 5.14. The van der Waals surface area contributed by atoms with Crippen LogP contribution in [-0.2, 0) is 0 Å². The minimum Gasteiger partial charge on any atom is -0.359 e. The average Bonchev–Trinajstić information content (AvgIpc) is 2.59. The standard InChI is InChI=1S/C11H12N2O2/c1-7(14)8-4-5-10-9(6-8)11(12-15-10)13(2)3/h4-6H,1-3H3. The first-order chi connectivity index (χ1) is 7.09. The van der Waals surface area contributed by atoms with Crippen molar-refractivity contribution in [1.29, 1.82) is 0 Å². The fourth-order valence-corrected chi connectivity index (χ4v) is 1.47. The maximum absolute atomic E-state index is 11.2. The maximum Gasteiger partial charge on any atom is 0.179 e. The van der Waals surface area contributed by atoms with E-state index >= 15 is 0 Å². The highest BCUT2D eigenvalue weighted by molar-refractivity contribution is 6.00. The normalized spacial score (nSPS) is 10.6. The number of aromatic nitrogens is 1. The van der Waals surface area contributed by atoms with Gasteiger partial charge in [-0.15, -0.1) is 0 Å². The van der Waals surface area contributed by atoms with Gasteiger partial charge in [0.25, 0.3) is 0 Å². The van der Waals surface area contributed by atoms with Gasteiger partial charge in [-0.1, -0.05) is 5.16 Å². The summed E-state index contributed by atoms with van der Waals surface area (Å²) in [6, 6.07) is 5.32. The third kappa shape index (κ3) is 1.58. The number of carbonyl (C=O) groups excluding carboxylic acids is 1. The van der Waals surface area contributed by atoms with Gasteiger partial charge in [-0.25, -0.2) is 0 Å². The van der Waals surface area contributed by atoms with Crippen LogP contribution in [0.1, 0.15) is 17.3 Å². The molecule has 4 heteroatoms. The number of ketones is 1. The highest BCUT2D eigenvalue weighted by Crippen LogP contribution is 2.25. The van der Waals surface area contributed by atoms with E-state index in [0.29, 0.717) is 11.1 Å². The van der Waals surface area contributed by atoms with Crippen molar-refractivity contribution in [2.45, 2.75) is 6.92 Å². The van der Waals surface area contributed by atoms with E-state index in [4.69, 9.17) is 4.52 Å². The molecule has 0 saturated carbocycles. The lowest BCUT2D eigenvalue weighted by atomic mass is 10.1. The Balaban J connectivity index is 2.66. The third-order valence-electron chi connectivity index (χ3n) is 2.28. The largest absolute Gasteiger partial charge is 0.359 e. The predicted octanol–water partition coefficient (Wildman–Crippen LogP) is 2.10. The SMILES string of the molecule is CC(=O)c1ccc2onc(N(C)C)c2c1. The minimum absolute atomic E-state index is 0.0443. The van der Waals surface area contributed by atoms with Crippen molar-refractivity contribution >= 4 is 22.6 Å². The highest BCUT2D eigenvalue weighted by atomic mass is 16.5. The smallest absolute Gasteiger partial charge is 0.179 e. The molecule has 15 heavy (non-hydrogen) atoms. The molecule has 0 amide bonds. The number of hydrogen-bond acceptors (Lipinski definition) is 4. The summed E-state index contributed by atoms with van der Waals surface area (Å²) in [5, 5.41) is 4.80. The van der Waals surface area contributed by atoms with Crippen LogP contribution in [0.5, 0.6) is 0 Å². The van der Waals surface area contributed by atoms with Gasteiger partial charge in [-0.3, -0.25) is 4.79 Å². The molecule has 0 unspecified atom stereocenters. The summed E-state index contributed by atoms with van der Waals surface area (Å²) in [6.45, 7) is 1.55. The molecule has 4 nitrogen and oxygen atoms in total. The molecule has 0 aliphatic carbocycles. The number of rotatable bonds is 2. The topological polar surface area (TPSA) is 46.3 Å². The van der Waals surface area contributed by atoms with Gasteiger partial charge in [0.05, 0.1) is 5.39 Å². The first-order valence-corrected chi connectivity index (χ1v) is 4.67. The first kappa shape index (κ1) is 9.71. The number of Topliss-reactive ketones (excluding diaryl/α,β-unsaturated/α-hetero) is 1. The van der Waals surface area contributed by atoms with Crippen LogP contribution < -0.4 is 4.90 Å². The van der Waals surface area contributed by atoms with Crippen LogP contribution in [0.4, 0.5) is 5.82 Å². The molecule has 0 aliphatic rings. The number of fused-ring (bicyclic) bond motifs is 1. The van der Waals surface area contributed by atoms with Crippen molar-refractivity contribution in [3.63, 3.8) is 0 Å². The summed E-state index contributed by atoms with van der Waals surface area (Å²) >= 11 is 0. The first-order valence-electron chi connectivity index (χ1n) is 4.67. The van der Waals surface area contributed by atoms with Gasteiger partial charge in [-0.2, -0.15) is 0 Å². The number of carbonyl (C=O) groups is 1. The number of hydrogen-bond donors (Lipinski definition) is 0. The summed E-state index contributed by atoms with van der Waals surface area (Å²) in [4.78, 5) is 13.1. The maximum atomic E-state index is 11.2. The summed E-state index contributed by atoms with van der Waals surface area (Å²) in [5.74, 6) is 0.788. The van der Waals surface area contributed by atoms with E-state index < -0.39 is 0 Å². The van der Waals surface area contributed by atoms with Gasteiger partial charge in [0.2, 0.25) is 0 Å². The Labute approximate surface area is 87.5 Å². The second-order valence-electron chi connectivity index (χ2n) is 3.67. The molecule has 1 aromatic heterocycles. The average molecular weight is 204 g/mol. The molecule has 78 valence electrons. The van der Waals surface area contributed by atoms with Crippen molar-refractivity contribution in [1.82, 2.24) is 5.16 Å². The molecule has 2 aromatic rings. The van der Waals surface area contributed by atoms with E-state index in [1.807, 2.05) is 25.1 Å². The number of benzene rings is 1. The molecular weight excluding hydrogens is 192 g/mol. The van der Waals surface area contributed by atoms with Crippen molar-refractivity contribution in [2.75, 3.05) is 19.0 Å². The Morgan fingerprint density at radius 2 is 2.13 bits per heavy atom. The van der Waals surface area contributed by atoms with Crippen LogP contribution >= 0.6 is 0 Å². The van der Waals surface area contributed by atoms with Crippen molar-refractivity contribution in [2.24, 2.45) is 0 Å². The fourth-order valence-electron chi connectivity index (χ4n) is 1.47. The molecule has 0 N–H and O–H groups in total. The minimum atomic E-state index is 0.0443. The van der Waals surface area contributed by atoms with E-state index in [-0.39, 0.29) is 5.78 Å². The molecule has 0 fully saturated rings. The van der Waals surface area contributed by atoms with Gasteiger partial charge < -0.3 is 9.42 Å². The second-order valence-corrected chi connectivity index (χ2v) is 3.67. The van der Waals surface area contributed by atoms with Gasteiger partial charge in [0.15, 0.2) is 17.2 Å². The Morgan fingerprint density at radius 1 is 1.40 bits per heavy atom. The molecule has 1 aromatic carbocycles. The molecule has 1 heterocycles. The molecule has 0 saturated heterocycles. The van der Waals surface area contributed by atoms with E-state index in [1.165, 1.54) is 0 Å². The lowest BCUT2D eigenvalue weighted by Gasteiger charge is -2.06. The molecule has 0 bridgehead atoms. The molecule has 0 spiro atoms. The monoisotopic (exact) mass is 204 g/mol. The van der Waals surface area contributed by atoms with Crippen LogP contribution in [0.25, 0.3) is 11.0 Å². The Kier molecular flexibility index (Phi) is 2.19. The Bertz CT molecular complexity index is 514. The van der Waals surface area contributed by atoms with Crippen LogP contribution in [-0.4, -0.2) is 25.0 Å². The molecular formula is C11H12N2O2. The van der Waals surface area contributed by atoms with E-state index in [2.05, 4.69) is 5.16 Å². The highest BCUT2D eigenvalue weighted by Gasteiger charge is 2.11. The van der Waals surface area contributed by atoms with Crippen molar-refractivity contribution in [3.05, 3.63) is 23.8 Å². The quantitative estimate of drug-likeness (QED) is 0.703. The Hall–Kier alpha value is -1.84. The van der Waals surface area contributed by atoms with Crippen LogP contribution in [0.3, 0.4) is 0 Å². The van der Waals surface area contributed by atoms with Gasteiger partial charge in [0.1, 0.15) is 0 Å². The number of anilines is 1. The van der Waals surface area contributed by atoms with E-state index in [0.717, 1.165) is 11.2 Å². The molecule has 0 atom stereocenters. The predicted molar refractivity (Wildman–Crippen MR) is 58.3 cm³/mol.